The number of hydrogen-bond acceptors (Lipinski definition) is 6. The number of hydrogen-bond donors (Lipinski definition) is 0. The van der Waals surface area contributed by atoms with Crippen LogP contribution in [0.25, 0.3) is 0 Å². The molecule has 15 heavy (non-hydrogen) atoms. The molecule has 2 unspecified atom stereocenters. The zero-order chi connectivity index (χ0) is 11.5. The van der Waals surface area contributed by atoms with Gasteiger partial charge in [0, 0.05) is 0 Å². The number of ether oxygens (including phenoxy) is 1. The molecule has 0 bridgehead atoms. The second-order valence-corrected chi connectivity index (χ2v) is 4.00. The summed E-state index contributed by atoms with van der Waals surface area (Å²) >= 11 is 0. The first-order valence-electron chi connectivity index (χ1n) is 4.15. The quantitative estimate of drug-likeness (QED) is 0.478. The predicted molar refractivity (Wildman–Crippen MR) is 48.7 cm³/mol. The lowest BCUT2D eigenvalue weighted by Crippen LogP contribution is -2.28. The van der Waals surface area contributed by atoms with Crippen LogP contribution < -0.4 is 0 Å². The Labute approximate surface area is 87.8 Å². The highest BCUT2D eigenvalue weighted by Gasteiger charge is 2.37. The van der Waals surface area contributed by atoms with Crippen LogP contribution in [0.5, 0.6) is 0 Å². The number of carbonyl (C=O) groups is 1. The standard InChI is InChI=1S/C8H10O6S/c1-3-4-6(2)13-8(9)7-5-12-15(10,11)14-7/h6-7H,5H2,1-2H3. The van der Waals surface area contributed by atoms with E-state index in [0.717, 1.165) is 0 Å². The Morgan fingerprint density at radius 1 is 1.60 bits per heavy atom. The lowest BCUT2D eigenvalue weighted by atomic mass is 10.3. The van der Waals surface area contributed by atoms with Crippen LogP contribution in [0.15, 0.2) is 0 Å². The Bertz CT molecular complexity index is 401. The van der Waals surface area contributed by atoms with E-state index >= 15 is 0 Å². The molecule has 84 valence electrons. The van der Waals surface area contributed by atoms with E-state index in [1.54, 1.807) is 13.8 Å². The highest BCUT2D eigenvalue weighted by molar-refractivity contribution is 7.82. The Balaban J connectivity index is 2.52. The average Bonchev–Trinajstić information content (AvgIpc) is 2.46. The maximum absolute atomic E-state index is 11.3. The summed E-state index contributed by atoms with van der Waals surface area (Å²) in [6, 6.07) is 0. The molecule has 6 nitrogen and oxygen atoms in total. The van der Waals surface area contributed by atoms with Crippen LogP contribution in [-0.4, -0.2) is 33.2 Å². The van der Waals surface area contributed by atoms with E-state index in [2.05, 4.69) is 20.2 Å². The molecule has 1 aliphatic heterocycles. The fraction of sp³-hybridized carbons (Fsp3) is 0.625. The van der Waals surface area contributed by atoms with Crippen molar-refractivity contribution < 1.29 is 26.3 Å². The molecule has 0 aromatic carbocycles. The van der Waals surface area contributed by atoms with Gasteiger partial charge < -0.3 is 4.74 Å². The van der Waals surface area contributed by atoms with Crippen molar-refractivity contribution in [3.8, 4) is 11.8 Å². The Morgan fingerprint density at radius 2 is 2.27 bits per heavy atom. The summed E-state index contributed by atoms with van der Waals surface area (Å²) in [5, 5.41) is 0. The first-order valence-corrected chi connectivity index (χ1v) is 5.48. The van der Waals surface area contributed by atoms with E-state index in [4.69, 9.17) is 4.74 Å². The van der Waals surface area contributed by atoms with Gasteiger partial charge in [-0.2, -0.15) is 8.42 Å². The third kappa shape index (κ3) is 3.51. The third-order valence-corrected chi connectivity index (χ3v) is 2.39. The lowest BCUT2D eigenvalue weighted by molar-refractivity contribution is -0.153. The first-order chi connectivity index (χ1) is 6.94. The van der Waals surface area contributed by atoms with Crippen LogP contribution in [0.2, 0.25) is 0 Å². The minimum absolute atomic E-state index is 0.354. The van der Waals surface area contributed by atoms with Gasteiger partial charge >= 0.3 is 16.4 Å². The van der Waals surface area contributed by atoms with Gasteiger partial charge in [-0.25, -0.2) is 13.2 Å². The van der Waals surface area contributed by atoms with Crippen molar-refractivity contribution in [3.05, 3.63) is 0 Å². The Hall–Kier alpha value is -1.10. The summed E-state index contributed by atoms with van der Waals surface area (Å²) in [7, 11) is -4.03. The fourth-order valence-electron chi connectivity index (χ4n) is 0.933. The monoisotopic (exact) mass is 234 g/mol. The summed E-state index contributed by atoms with van der Waals surface area (Å²) in [6.45, 7) is 2.82. The summed E-state index contributed by atoms with van der Waals surface area (Å²) < 4.78 is 34.7. The van der Waals surface area contributed by atoms with Gasteiger partial charge in [0.2, 0.25) is 6.10 Å². The van der Waals surface area contributed by atoms with Gasteiger partial charge in [-0.3, -0.25) is 0 Å². The van der Waals surface area contributed by atoms with Crippen molar-refractivity contribution in [1.29, 1.82) is 0 Å². The summed E-state index contributed by atoms with van der Waals surface area (Å²) in [5.41, 5.74) is 0. The second-order valence-electron chi connectivity index (χ2n) is 2.75. The summed E-state index contributed by atoms with van der Waals surface area (Å²) in [5.74, 6) is 4.34. The minimum atomic E-state index is -4.03. The largest absolute Gasteiger partial charge is 0.447 e. The number of carbonyl (C=O) groups excluding carboxylic acids is 1. The molecule has 1 fully saturated rings. The molecule has 0 radical (unpaired) electrons. The molecular formula is C8H10O6S. The van der Waals surface area contributed by atoms with E-state index in [0.29, 0.717) is 0 Å². The van der Waals surface area contributed by atoms with Crippen LogP contribution in [0.3, 0.4) is 0 Å². The Kier molecular flexibility index (Phi) is 3.68. The molecule has 1 rings (SSSR count). The van der Waals surface area contributed by atoms with Gasteiger partial charge in [0.1, 0.15) is 6.61 Å². The van der Waals surface area contributed by atoms with E-state index < -0.39 is 28.6 Å². The van der Waals surface area contributed by atoms with E-state index in [9.17, 15) is 13.2 Å². The van der Waals surface area contributed by atoms with Gasteiger partial charge in [0.05, 0.1) is 0 Å². The maximum Gasteiger partial charge on any atom is 0.400 e. The van der Waals surface area contributed by atoms with Crippen molar-refractivity contribution >= 4 is 16.4 Å². The van der Waals surface area contributed by atoms with E-state index in [1.807, 2.05) is 0 Å². The van der Waals surface area contributed by atoms with Gasteiger partial charge in [-0.05, 0) is 13.8 Å². The van der Waals surface area contributed by atoms with Crippen molar-refractivity contribution in [2.24, 2.45) is 0 Å². The zero-order valence-corrected chi connectivity index (χ0v) is 9.04. The van der Waals surface area contributed by atoms with Crippen molar-refractivity contribution in [3.63, 3.8) is 0 Å². The van der Waals surface area contributed by atoms with Crippen LogP contribution in [0.4, 0.5) is 0 Å². The van der Waals surface area contributed by atoms with Gasteiger partial charge in [0.25, 0.3) is 0 Å². The highest BCUT2D eigenvalue weighted by atomic mass is 32.3. The third-order valence-electron chi connectivity index (χ3n) is 1.50. The molecule has 1 heterocycles. The molecule has 0 saturated carbocycles. The van der Waals surface area contributed by atoms with Crippen molar-refractivity contribution in [2.75, 3.05) is 6.61 Å². The van der Waals surface area contributed by atoms with Crippen LogP contribution in [0.1, 0.15) is 13.8 Å². The van der Waals surface area contributed by atoms with Gasteiger partial charge in [0.15, 0.2) is 6.10 Å². The molecule has 0 aromatic heterocycles. The summed E-state index contributed by atoms with van der Waals surface area (Å²) in [6.07, 6.45) is -1.83. The smallest absolute Gasteiger partial charge is 0.400 e. The molecule has 0 aromatic rings. The van der Waals surface area contributed by atoms with Crippen molar-refractivity contribution in [2.45, 2.75) is 26.1 Å². The van der Waals surface area contributed by atoms with Crippen LogP contribution in [-0.2, 0) is 28.3 Å². The lowest BCUT2D eigenvalue weighted by Gasteiger charge is -2.09. The molecule has 0 aliphatic carbocycles. The Morgan fingerprint density at radius 3 is 2.73 bits per heavy atom. The molecular weight excluding hydrogens is 224 g/mol. The highest BCUT2D eigenvalue weighted by Crippen LogP contribution is 2.14. The van der Waals surface area contributed by atoms with Crippen molar-refractivity contribution in [1.82, 2.24) is 0 Å². The number of esters is 1. The molecule has 1 aliphatic rings. The number of rotatable bonds is 2. The predicted octanol–water partition coefficient (Wildman–Crippen LogP) is -0.398. The minimum Gasteiger partial charge on any atom is -0.447 e. The maximum atomic E-state index is 11.3. The van der Waals surface area contributed by atoms with E-state index in [-0.39, 0.29) is 6.61 Å². The fourth-order valence-corrected chi connectivity index (χ4v) is 1.70. The second kappa shape index (κ2) is 4.61. The van der Waals surface area contributed by atoms with E-state index in [1.165, 1.54) is 0 Å². The van der Waals surface area contributed by atoms with Crippen LogP contribution in [0, 0.1) is 11.8 Å². The molecule has 7 heteroatoms. The molecule has 0 spiro atoms. The molecule has 2 atom stereocenters. The molecule has 0 amide bonds. The first kappa shape index (κ1) is 12.0. The summed E-state index contributed by atoms with van der Waals surface area (Å²) in [4.78, 5) is 11.3. The normalized spacial score (nSPS) is 25.1. The molecule has 0 N–H and O–H groups in total. The van der Waals surface area contributed by atoms with Gasteiger partial charge in [-0.15, -0.1) is 5.92 Å². The van der Waals surface area contributed by atoms with Gasteiger partial charge in [-0.1, -0.05) is 5.92 Å². The zero-order valence-electron chi connectivity index (χ0n) is 8.22. The topological polar surface area (TPSA) is 78.9 Å². The average molecular weight is 234 g/mol. The molecule has 1 saturated heterocycles. The SMILES string of the molecule is CC#CC(C)OC(=O)C1COS(=O)(=O)O1. The van der Waals surface area contributed by atoms with Crippen LogP contribution >= 0.6 is 0 Å².